The summed E-state index contributed by atoms with van der Waals surface area (Å²) in [6.07, 6.45) is 3.31. The van der Waals surface area contributed by atoms with Crippen molar-refractivity contribution in [1.82, 2.24) is 10.3 Å². The predicted molar refractivity (Wildman–Crippen MR) is 105 cm³/mol. The molecule has 0 spiro atoms. The van der Waals surface area contributed by atoms with E-state index in [1.165, 1.54) is 0 Å². The first-order chi connectivity index (χ1) is 13.0. The summed E-state index contributed by atoms with van der Waals surface area (Å²) in [7, 11) is -0.745. The predicted octanol–water partition coefficient (Wildman–Crippen LogP) is 3.84. The van der Waals surface area contributed by atoms with Crippen LogP contribution in [0.25, 0.3) is 11.1 Å². The van der Waals surface area contributed by atoms with E-state index in [2.05, 4.69) is 15.2 Å². The fraction of sp³-hybridized carbons (Fsp3) is 0.333. The maximum Gasteiger partial charge on any atom is 0.298 e. The minimum Gasteiger partial charge on any atom is -0.444 e. The number of benzene rings is 1. The Labute approximate surface area is 163 Å². The summed E-state index contributed by atoms with van der Waals surface area (Å²) in [6, 6.07) is 9.34. The van der Waals surface area contributed by atoms with Gasteiger partial charge in [-0.25, -0.2) is 0 Å². The van der Waals surface area contributed by atoms with Crippen molar-refractivity contribution in [3.05, 3.63) is 41.1 Å². The van der Waals surface area contributed by atoms with Crippen LogP contribution in [-0.2, 0) is 10.7 Å². The Bertz CT molecular complexity index is 1010. The highest BCUT2D eigenvalue weighted by atomic mass is 35.5. The van der Waals surface area contributed by atoms with E-state index in [4.69, 9.17) is 25.2 Å². The van der Waals surface area contributed by atoms with E-state index in [0.717, 1.165) is 31.4 Å². The lowest BCUT2D eigenvalue weighted by atomic mass is 10.1. The van der Waals surface area contributed by atoms with Gasteiger partial charge >= 0.3 is 0 Å². The lowest BCUT2D eigenvalue weighted by Crippen LogP contribution is -2.44. The molecule has 7 nitrogen and oxygen atoms in total. The van der Waals surface area contributed by atoms with Crippen LogP contribution in [0.4, 0.5) is 6.01 Å². The Balaban J connectivity index is 1.36. The molecule has 27 heavy (non-hydrogen) atoms. The van der Waals surface area contributed by atoms with E-state index in [1.807, 2.05) is 6.07 Å². The number of halogens is 1. The van der Waals surface area contributed by atoms with E-state index in [1.54, 1.807) is 30.5 Å². The van der Waals surface area contributed by atoms with Crippen LogP contribution in [0.2, 0.25) is 5.02 Å². The summed E-state index contributed by atoms with van der Waals surface area (Å²) in [5.74, 6) is 0.0245. The fourth-order valence-corrected chi connectivity index (χ4v) is 3.76. The largest absolute Gasteiger partial charge is 0.444 e. The van der Waals surface area contributed by atoms with Gasteiger partial charge in [0.05, 0.1) is 0 Å². The molecule has 1 aliphatic rings. The Morgan fingerprint density at radius 3 is 2.78 bits per heavy atom. The molecule has 1 amide bonds. The van der Waals surface area contributed by atoms with Crippen molar-refractivity contribution in [2.75, 3.05) is 24.2 Å². The first-order valence-corrected chi connectivity index (χ1v) is 10.6. The molecule has 9 heteroatoms. The third-order valence-electron chi connectivity index (χ3n) is 4.55. The number of piperidine rings is 1. The minimum atomic E-state index is -0.745. The standard InChI is InChI=1S/C18H19ClN4O3S/c1-27(20)16-5-4-15(25-16)17(24)21-12-6-8-23(9-7-12)18-22-13-10-11(19)2-3-14(13)26-18/h2-5,10,12,20H,6-9H2,1H3,(H,21,24). The van der Waals surface area contributed by atoms with Crippen molar-refractivity contribution in [2.45, 2.75) is 24.0 Å². The topological polar surface area (TPSA) is 95.4 Å². The number of anilines is 1. The van der Waals surface area contributed by atoms with Crippen molar-refractivity contribution in [1.29, 1.82) is 4.78 Å². The van der Waals surface area contributed by atoms with Gasteiger partial charge in [0.2, 0.25) is 0 Å². The number of hydrogen-bond acceptors (Lipinski definition) is 6. The molecular weight excluding hydrogens is 388 g/mol. The molecular formula is C18H19ClN4O3S. The molecule has 3 aromatic rings. The normalized spacial score (nSPS) is 16.6. The third-order valence-corrected chi connectivity index (χ3v) is 5.60. The molecule has 142 valence electrons. The fourth-order valence-electron chi connectivity index (χ4n) is 3.10. The number of hydrogen-bond donors (Lipinski definition) is 2. The lowest BCUT2D eigenvalue weighted by molar-refractivity contribution is 0.0897. The smallest absolute Gasteiger partial charge is 0.298 e. The Hall–Kier alpha value is -2.32. The maximum absolute atomic E-state index is 12.3. The highest BCUT2D eigenvalue weighted by molar-refractivity contribution is 7.85. The number of oxazole rings is 1. The molecule has 0 saturated carbocycles. The van der Waals surface area contributed by atoms with Crippen LogP contribution >= 0.6 is 11.6 Å². The van der Waals surface area contributed by atoms with E-state index >= 15 is 0 Å². The first kappa shape index (κ1) is 18.1. The Morgan fingerprint density at radius 1 is 1.30 bits per heavy atom. The van der Waals surface area contributed by atoms with Crippen molar-refractivity contribution < 1.29 is 13.6 Å². The zero-order valence-electron chi connectivity index (χ0n) is 14.7. The van der Waals surface area contributed by atoms with E-state index in [0.29, 0.717) is 21.7 Å². The Morgan fingerprint density at radius 2 is 2.07 bits per heavy atom. The second-order valence-electron chi connectivity index (χ2n) is 6.47. The Kier molecular flexibility index (Phi) is 4.92. The monoisotopic (exact) mass is 406 g/mol. The summed E-state index contributed by atoms with van der Waals surface area (Å²) in [4.78, 5) is 18.9. The molecule has 2 aromatic heterocycles. The molecule has 0 bridgehead atoms. The number of aromatic nitrogens is 1. The molecule has 2 N–H and O–H groups in total. The number of rotatable bonds is 4. The minimum absolute atomic E-state index is 0.0667. The third kappa shape index (κ3) is 3.86. The molecule has 1 aliphatic heterocycles. The van der Waals surface area contributed by atoms with Crippen LogP contribution in [0.15, 0.2) is 44.3 Å². The summed E-state index contributed by atoms with van der Waals surface area (Å²) in [5, 5.41) is 4.16. The van der Waals surface area contributed by atoms with E-state index in [9.17, 15) is 4.79 Å². The lowest BCUT2D eigenvalue weighted by Gasteiger charge is -2.31. The van der Waals surface area contributed by atoms with E-state index < -0.39 is 10.7 Å². The molecule has 1 saturated heterocycles. The van der Waals surface area contributed by atoms with Crippen LogP contribution in [0.3, 0.4) is 0 Å². The second kappa shape index (κ2) is 7.36. The van der Waals surface area contributed by atoms with Gasteiger partial charge in [-0.15, -0.1) is 0 Å². The van der Waals surface area contributed by atoms with Crippen LogP contribution in [0.1, 0.15) is 23.4 Å². The van der Waals surface area contributed by atoms with Crippen LogP contribution < -0.4 is 10.2 Å². The van der Waals surface area contributed by atoms with Crippen molar-refractivity contribution in [3.8, 4) is 0 Å². The SMILES string of the molecule is CS(=N)c1ccc(C(=O)NC2CCN(c3nc4cc(Cl)ccc4o3)CC2)o1. The zero-order chi connectivity index (χ0) is 19.0. The van der Waals surface area contributed by atoms with Crippen molar-refractivity contribution in [2.24, 2.45) is 0 Å². The van der Waals surface area contributed by atoms with Crippen molar-refractivity contribution >= 4 is 45.3 Å². The van der Waals surface area contributed by atoms with Crippen LogP contribution in [0, 0.1) is 4.78 Å². The number of carbonyl (C=O) groups excluding carboxylic acids is 1. The summed E-state index contributed by atoms with van der Waals surface area (Å²) < 4.78 is 18.9. The number of nitrogens with zero attached hydrogens (tertiary/aromatic N) is 2. The number of furan rings is 1. The van der Waals surface area contributed by atoms with Gasteiger partial charge < -0.3 is 19.1 Å². The molecule has 1 unspecified atom stereocenters. The number of amides is 1. The maximum atomic E-state index is 12.3. The van der Waals surface area contributed by atoms with Gasteiger partial charge in [-0.3, -0.25) is 9.57 Å². The van der Waals surface area contributed by atoms with Gasteiger partial charge in [-0.05, 0) is 60.1 Å². The zero-order valence-corrected chi connectivity index (χ0v) is 16.3. The van der Waals surface area contributed by atoms with Crippen molar-refractivity contribution in [3.63, 3.8) is 0 Å². The van der Waals surface area contributed by atoms with Crippen LogP contribution in [-0.4, -0.2) is 36.3 Å². The summed E-state index contributed by atoms with van der Waals surface area (Å²) in [5.41, 5.74) is 1.45. The number of carbonyl (C=O) groups is 1. The van der Waals surface area contributed by atoms with Gasteiger partial charge in [-0.1, -0.05) is 11.6 Å². The average Bonchev–Trinajstić information content (AvgIpc) is 3.29. The molecule has 3 heterocycles. The second-order valence-corrected chi connectivity index (χ2v) is 8.33. The van der Waals surface area contributed by atoms with Gasteiger partial charge in [0, 0.05) is 24.2 Å². The molecule has 0 aliphatic carbocycles. The van der Waals surface area contributed by atoms with Gasteiger partial charge in [0.15, 0.2) is 16.4 Å². The van der Waals surface area contributed by atoms with Gasteiger partial charge in [0.25, 0.3) is 11.9 Å². The molecule has 0 radical (unpaired) electrons. The van der Waals surface area contributed by atoms with Gasteiger partial charge in [0.1, 0.15) is 5.52 Å². The first-order valence-electron chi connectivity index (χ1n) is 8.58. The highest BCUT2D eigenvalue weighted by Gasteiger charge is 2.25. The van der Waals surface area contributed by atoms with E-state index in [-0.39, 0.29) is 17.7 Å². The number of nitrogens with one attached hydrogen (secondary N) is 2. The summed E-state index contributed by atoms with van der Waals surface area (Å²) >= 11 is 6.00. The van der Waals surface area contributed by atoms with Crippen LogP contribution in [0.5, 0.6) is 0 Å². The quantitative estimate of drug-likeness (QED) is 0.686. The number of fused-ring (bicyclic) bond motifs is 1. The molecule has 1 fully saturated rings. The molecule has 1 atom stereocenters. The highest BCUT2D eigenvalue weighted by Crippen LogP contribution is 2.26. The molecule has 4 rings (SSSR count). The molecule has 1 aromatic carbocycles. The summed E-state index contributed by atoms with van der Waals surface area (Å²) in [6.45, 7) is 1.47. The van der Waals surface area contributed by atoms with Gasteiger partial charge in [-0.2, -0.15) is 4.98 Å². The average molecular weight is 407 g/mol.